The summed E-state index contributed by atoms with van der Waals surface area (Å²) in [6.07, 6.45) is 1.67. The van der Waals surface area contributed by atoms with Gasteiger partial charge >= 0.3 is 0 Å². The third kappa shape index (κ3) is 3.13. The van der Waals surface area contributed by atoms with Crippen LogP contribution in [0.5, 0.6) is 0 Å². The zero-order valence-corrected chi connectivity index (χ0v) is 14.8. The lowest BCUT2D eigenvalue weighted by Gasteiger charge is -2.11. The average molecular weight is 366 g/mol. The van der Waals surface area contributed by atoms with Crippen molar-refractivity contribution in [2.24, 2.45) is 7.05 Å². The topological polar surface area (TPSA) is 52.7 Å². The van der Waals surface area contributed by atoms with Crippen LogP contribution in [0.3, 0.4) is 0 Å². The normalized spacial score (nSPS) is 11.2. The second-order valence-corrected chi connectivity index (χ2v) is 6.77. The van der Waals surface area contributed by atoms with E-state index in [1.54, 1.807) is 28.6 Å². The summed E-state index contributed by atoms with van der Waals surface area (Å²) in [5.41, 5.74) is 1.80. The highest BCUT2D eigenvalue weighted by Crippen LogP contribution is 2.24. The largest absolute Gasteiger partial charge is 0.273 e. The second-order valence-electron chi connectivity index (χ2n) is 5.83. The van der Waals surface area contributed by atoms with Crippen LogP contribution in [0.4, 0.5) is 4.39 Å². The van der Waals surface area contributed by atoms with Gasteiger partial charge < -0.3 is 0 Å². The Bertz CT molecular complexity index is 1140. The van der Waals surface area contributed by atoms with Gasteiger partial charge in [-0.25, -0.2) is 9.37 Å². The van der Waals surface area contributed by atoms with Crippen LogP contribution in [0.1, 0.15) is 5.56 Å². The zero-order valence-electron chi connectivity index (χ0n) is 14.0. The molecule has 0 radical (unpaired) electrons. The van der Waals surface area contributed by atoms with Gasteiger partial charge in [0.25, 0.3) is 5.56 Å². The Balaban J connectivity index is 1.82. The number of aryl methyl sites for hydroxylation is 1. The van der Waals surface area contributed by atoms with Gasteiger partial charge in [0.15, 0.2) is 10.8 Å². The van der Waals surface area contributed by atoms with Gasteiger partial charge in [0.1, 0.15) is 11.2 Å². The molecule has 2 aromatic carbocycles. The number of aromatic nitrogens is 4. The molecule has 2 heterocycles. The molecule has 0 N–H and O–H groups in total. The van der Waals surface area contributed by atoms with Gasteiger partial charge in [-0.2, -0.15) is 5.10 Å². The molecule has 7 heteroatoms. The van der Waals surface area contributed by atoms with Gasteiger partial charge in [0.05, 0.1) is 5.69 Å². The van der Waals surface area contributed by atoms with Crippen molar-refractivity contribution in [2.45, 2.75) is 10.9 Å². The van der Waals surface area contributed by atoms with Crippen molar-refractivity contribution >= 4 is 22.8 Å². The van der Waals surface area contributed by atoms with Crippen molar-refractivity contribution in [3.05, 3.63) is 82.5 Å². The Labute approximate surface area is 153 Å². The van der Waals surface area contributed by atoms with Crippen molar-refractivity contribution in [1.82, 2.24) is 19.3 Å². The van der Waals surface area contributed by atoms with Gasteiger partial charge in [-0.3, -0.25) is 14.0 Å². The third-order valence-corrected chi connectivity index (χ3v) is 4.92. The van der Waals surface area contributed by atoms with Crippen LogP contribution in [0.25, 0.3) is 16.7 Å². The van der Waals surface area contributed by atoms with Crippen LogP contribution in [0, 0.1) is 5.82 Å². The molecule has 26 heavy (non-hydrogen) atoms. The number of para-hydroxylation sites is 1. The molecule has 4 rings (SSSR count). The molecule has 0 aliphatic rings. The molecule has 0 bridgehead atoms. The Morgan fingerprint density at radius 2 is 1.92 bits per heavy atom. The predicted octanol–water partition coefficient (Wildman–Crippen LogP) is 3.55. The van der Waals surface area contributed by atoms with Gasteiger partial charge in [-0.15, -0.1) is 0 Å². The number of nitrogens with zero attached hydrogens (tertiary/aromatic N) is 4. The van der Waals surface area contributed by atoms with E-state index in [1.165, 1.54) is 23.9 Å². The maximum absolute atomic E-state index is 13.4. The molecule has 0 aliphatic carbocycles. The van der Waals surface area contributed by atoms with Crippen molar-refractivity contribution < 1.29 is 4.39 Å². The molecule has 0 atom stereocenters. The van der Waals surface area contributed by atoms with E-state index in [-0.39, 0.29) is 11.4 Å². The van der Waals surface area contributed by atoms with Gasteiger partial charge in [-0.05, 0) is 29.8 Å². The molecule has 0 unspecified atom stereocenters. The lowest BCUT2D eigenvalue weighted by Crippen LogP contribution is -2.21. The quantitative estimate of drug-likeness (QED) is 0.409. The summed E-state index contributed by atoms with van der Waals surface area (Å²) in [4.78, 5) is 17.6. The maximum atomic E-state index is 13.4. The zero-order chi connectivity index (χ0) is 18.1. The SMILES string of the molecule is Cn1cc2c(=O)n(-c3ccccc3)c(SCc3cccc(F)c3)nc2n1. The first kappa shape index (κ1) is 16.5. The monoisotopic (exact) mass is 366 g/mol. The molecule has 5 nitrogen and oxygen atoms in total. The van der Waals surface area contributed by atoms with E-state index < -0.39 is 0 Å². The Hall–Kier alpha value is -2.93. The first-order chi connectivity index (χ1) is 12.6. The molecule has 0 fully saturated rings. The van der Waals surface area contributed by atoms with E-state index in [4.69, 9.17) is 0 Å². The molecule has 0 aliphatic heterocycles. The summed E-state index contributed by atoms with van der Waals surface area (Å²) in [6.45, 7) is 0. The van der Waals surface area contributed by atoms with E-state index in [0.29, 0.717) is 21.9 Å². The van der Waals surface area contributed by atoms with Crippen LogP contribution < -0.4 is 5.56 Å². The van der Waals surface area contributed by atoms with Crippen LogP contribution in [0.2, 0.25) is 0 Å². The van der Waals surface area contributed by atoms with Crippen LogP contribution >= 0.6 is 11.8 Å². The van der Waals surface area contributed by atoms with Crippen molar-refractivity contribution in [3.8, 4) is 5.69 Å². The summed E-state index contributed by atoms with van der Waals surface area (Å²) >= 11 is 1.38. The number of hydrogen-bond donors (Lipinski definition) is 0. The number of fused-ring (bicyclic) bond motifs is 1. The summed E-state index contributed by atoms with van der Waals surface area (Å²) in [6, 6.07) is 15.8. The maximum Gasteiger partial charge on any atom is 0.269 e. The first-order valence-electron chi connectivity index (χ1n) is 8.01. The fourth-order valence-corrected chi connectivity index (χ4v) is 3.68. The molecule has 0 saturated carbocycles. The number of benzene rings is 2. The summed E-state index contributed by atoms with van der Waals surface area (Å²) in [5, 5.41) is 5.25. The van der Waals surface area contributed by atoms with E-state index in [0.717, 1.165) is 11.3 Å². The fourth-order valence-electron chi connectivity index (χ4n) is 2.73. The number of rotatable bonds is 4. The molecule has 0 amide bonds. The van der Waals surface area contributed by atoms with E-state index >= 15 is 0 Å². The highest BCUT2D eigenvalue weighted by atomic mass is 32.2. The van der Waals surface area contributed by atoms with E-state index in [2.05, 4.69) is 10.1 Å². The van der Waals surface area contributed by atoms with Crippen molar-refractivity contribution in [3.63, 3.8) is 0 Å². The van der Waals surface area contributed by atoms with Gasteiger partial charge in [0.2, 0.25) is 0 Å². The summed E-state index contributed by atoms with van der Waals surface area (Å²) in [7, 11) is 1.76. The molecular formula is C19H15FN4OS. The Morgan fingerprint density at radius 3 is 2.69 bits per heavy atom. The van der Waals surface area contributed by atoms with Crippen LogP contribution in [-0.2, 0) is 12.8 Å². The number of thioether (sulfide) groups is 1. The first-order valence-corrected chi connectivity index (χ1v) is 8.99. The molecule has 0 spiro atoms. The van der Waals surface area contributed by atoms with Crippen molar-refractivity contribution in [2.75, 3.05) is 0 Å². The lowest BCUT2D eigenvalue weighted by molar-refractivity contribution is 0.626. The van der Waals surface area contributed by atoms with Crippen LogP contribution in [0.15, 0.2) is 70.7 Å². The van der Waals surface area contributed by atoms with E-state index in [9.17, 15) is 9.18 Å². The number of hydrogen-bond acceptors (Lipinski definition) is 4. The lowest BCUT2D eigenvalue weighted by atomic mass is 10.2. The Kier molecular flexibility index (Phi) is 4.30. The average Bonchev–Trinajstić information content (AvgIpc) is 3.01. The molecule has 0 saturated heterocycles. The predicted molar refractivity (Wildman–Crippen MR) is 100 cm³/mol. The highest BCUT2D eigenvalue weighted by Gasteiger charge is 2.15. The molecular weight excluding hydrogens is 351 g/mol. The molecule has 4 aromatic rings. The minimum Gasteiger partial charge on any atom is -0.273 e. The second kappa shape index (κ2) is 6.76. The minimum absolute atomic E-state index is 0.170. The Morgan fingerprint density at radius 1 is 1.12 bits per heavy atom. The van der Waals surface area contributed by atoms with Crippen molar-refractivity contribution in [1.29, 1.82) is 0 Å². The van der Waals surface area contributed by atoms with E-state index in [1.807, 2.05) is 36.4 Å². The third-order valence-electron chi connectivity index (χ3n) is 3.91. The highest BCUT2D eigenvalue weighted by molar-refractivity contribution is 7.98. The van der Waals surface area contributed by atoms with Crippen LogP contribution in [-0.4, -0.2) is 19.3 Å². The smallest absolute Gasteiger partial charge is 0.269 e. The fraction of sp³-hybridized carbons (Fsp3) is 0.105. The summed E-state index contributed by atoms with van der Waals surface area (Å²) < 4.78 is 16.6. The summed E-state index contributed by atoms with van der Waals surface area (Å²) in [5.74, 6) is 0.215. The molecule has 130 valence electrons. The van der Waals surface area contributed by atoms with Gasteiger partial charge in [-0.1, -0.05) is 42.1 Å². The number of halogens is 1. The minimum atomic E-state index is -0.281. The van der Waals surface area contributed by atoms with Gasteiger partial charge in [0, 0.05) is 19.0 Å². The standard InChI is InChI=1S/C19H15FN4OS/c1-23-11-16-17(22-23)21-19(26-12-13-6-5-7-14(20)10-13)24(18(16)25)15-8-3-2-4-9-15/h2-11H,12H2,1H3. The molecule has 2 aromatic heterocycles.